The van der Waals surface area contributed by atoms with Gasteiger partial charge in [0.15, 0.2) is 0 Å². The lowest BCUT2D eigenvalue weighted by atomic mass is 9.86. The molecule has 0 aliphatic heterocycles. The van der Waals surface area contributed by atoms with Gasteiger partial charge in [-0.1, -0.05) is 13.8 Å². The van der Waals surface area contributed by atoms with E-state index in [0.717, 1.165) is 0 Å². The number of nitrogens with two attached hydrogens (primary N) is 1. The van der Waals surface area contributed by atoms with E-state index in [4.69, 9.17) is 10.5 Å². The first-order valence-electron chi connectivity index (χ1n) is 4.76. The average Bonchev–Trinajstić information content (AvgIpc) is 2.09. The largest absolute Gasteiger partial charge is 0.401 e. The number of nitrogens with one attached hydrogen (secondary N) is 1. The quantitative estimate of drug-likeness (QED) is 0.719. The van der Waals surface area contributed by atoms with E-state index in [1.54, 1.807) is 13.8 Å². The van der Waals surface area contributed by atoms with Gasteiger partial charge in [-0.25, -0.2) is 0 Å². The van der Waals surface area contributed by atoms with Crippen LogP contribution in [0.5, 0.6) is 0 Å². The van der Waals surface area contributed by atoms with Crippen LogP contribution in [0.1, 0.15) is 13.8 Å². The average molecular weight is 242 g/mol. The molecule has 0 aromatic carbocycles. The van der Waals surface area contributed by atoms with Gasteiger partial charge >= 0.3 is 6.18 Å². The van der Waals surface area contributed by atoms with Crippen molar-refractivity contribution in [2.75, 3.05) is 20.3 Å². The minimum atomic E-state index is -4.40. The summed E-state index contributed by atoms with van der Waals surface area (Å²) in [6.45, 7) is 1.73. The van der Waals surface area contributed by atoms with E-state index in [9.17, 15) is 18.0 Å². The maximum absolute atomic E-state index is 12.1. The molecule has 0 bridgehead atoms. The fourth-order valence-electron chi connectivity index (χ4n) is 1.35. The predicted molar refractivity (Wildman–Crippen MR) is 52.7 cm³/mol. The third kappa shape index (κ3) is 3.97. The number of rotatable bonds is 6. The fraction of sp³-hybridized carbons (Fsp3) is 0.889. The van der Waals surface area contributed by atoms with Crippen LogP contribution in [-0.2, 0) is 9.53 Å². The minimum Gasteiger partial charge on any atom is -0.382 e. The van der Waals surface area contributed by atoms with Crippen LogP contribution in [-0.4, -0.2) is 37.9 Å². The monoisotopic (exact) mass is 242 g/mol. The van der Waals surface area contributed by atoms with E-state index in [-0.39, 0.29) is 6.61 Å². The minimum absolute atomic E-state index is 0.198. The summed E-state index contributed by atoms with van der Waals surface area (Å²) in [6, 6.07) is 0. The molecule has 0 rings (SSSR count). The summed E-state index contributed by atoms with van der Waals surface area (Å²) in [5.74, 6) is -1.26. The van der Waals surface area contributed by atoms with Crippen molar-refractivity contribution in [1.82, 2.24) is 5.32 Å². The Labute approximate surface area is 92.3 Å². The van der Waals surface area contributed by atoms with Gasteiger partial charge in [-0.2, -0.15) is 13.2 Å². The molecular weight excluding hydrogens is 225 g/mol. The number of amides is 1. The maximum atomic E-state index is 12.1. The van der Waals surface area contributed by atoms with E-state index < -0.39 is 30.1 Å². The Balaban J connectivity index is 4.83. The van der Waals surface area contributed by atoms with Gasteiger partial charge in [-0.15, -0.1) is 0 Å². The summed E-state index contributed by atoms with van der Waals surface area (Å²) in [4.78, 5) is 11.3. The predicted octanol–water partition coefficient (Wildman–Crippen LogP) is 0.665. The molecule has 96 valence electrons. The summed E-state index contributed by atoms with van der Waals surface area (Å²) in [5.41, 5.74) is 3.64. The smallest absolute Gasteiger partial charge is 0.382 e. The second-order valence-electron chi connectivity index (χ2n) is 3.89. The molecule has 0 fully saturated rings. The van der Waals surface area contributed by atoms with Crippen molar-refractivity contribution in [3.63, 3.8) is 0 Å². The Kier molecular flexibility index (Phi) is 5.21. The van der Waals surface area contributed by atoms with E-state index in [2.05, 4.69) is 5.32 Å². The highest BCUT2D eigenvalue weighted by Gasteiger charge is 2.42. The topological polar surface area (TPSA) is 64.3 Å². The summed E-state index contributed by atoms with van der Waals surface area (Å²) < 4.78 is 41.1. The van der Waals surface area contributed by atoms with Gasteiger partial charge in [0.25, 0.3) is 0 Å². The lowest BCUT2D eigenvalue weighted by Gasteiger charge is -2.35. The maximum Gasteiger partial charge on any atom is 0.401 e. The molecule has 0 heterocycles. The standard InChI is InChI=1S/C9H17F3N2O2/c1-6(2)8(5-16-3,7(13)15)14-4-9(10,11)12/h6,14H,4-5H2,1-3H3,(H2,13,15). The molecule has 4 nitrogen and oxygen atoms in total. The molecule has 0 aliphatic carbocycles. The highest BCUT2D eigenvalue weighted by Crippen LogP contribution is 2.20. The Morgan fingerprint density at radius 2 is 1.94 bits per heavy atom. The van der Waals surface area contributed by atoms with E-state index in [0.29, 0.717) is 0 Å². The SMILES string of the molecule is COCC(NCC(F)(F)F)(C(N)=O)C(C)C. The molecule has 0 spiro atoms. The molecule has 1 unspecified atom stereocenters. The molecule has 3 N–H and O–H groups in total. The number of methoxy groups -OCH3 is 1. The zero-order chi connectivity index (χ0) is 13.0. The molecule has 0 saturated heterocycles. The van der Waals surface area contributed by atoms with Gasteiger partial charge in [0, 0.05) is 7.11 Å². The van der Waals surface area contributed by atoms with Crippen molar-refractivity contribution in [3.05, 3.63) is 0 Å². The molecule has 1 atom stereocenters. The number of ether oxygens (including phenoxy) is 1. The number of carbonyl (C=O) groups excluding carboxylic acids is 1. The summed E-state index contributed by atoms with van der Waals surface area (Å²) in [5, 5.41) is 2.15. The molecule has 16 heavy (non-hydrogen) atoms. The van der Waals surface area contributed by atoms with Crippen LogP contribution in [0.2, 0.25) is 0 Å². The van der Waals surface area contributed by atoms with Crippen LogP contribution in [0.4, 0.5) is 13.2 Å². The van der Waals surface area contributed by atoms with Crippen LogP contribution >= 0.6 is 0 Å². The van der Waals surface area contributed by atoms with Gasteiger partial charge in [0.05, 0.1) is 13.2 Å². The molecule has 0 aromatic heterocycles. The van der Waals surface area contributed by atoms with Gasteiger partial charge in [-0.05, 0) is 5.92 Å². The second kappa shape index (κ2) is 5.49. The molecule has 0 aliphatic rings. The third-order valence-electron chi connectivity index (χ3n) is 2.40. The fourth-order valence-corrected chi connectivity index (χ4v) is 1.35. The Bertz CT molecular complexity index is 243. The molecule has 0 radical (unpaired) electrons. The van der Waals surface area contributed by atoms with Crippen molar-refractivity contribution in [2.24, 2.45) is 11.7 Å². The number of alkyl halides is 3. The van der Waals surface area contributed by atoms with Crippen LogP contribution < -0.4 is 11.1 Å². The normalized spacial score (nSPS) is 16.2. The van der Waals surface area contributed by atoms with Crippen molar-refractivity contribution in [1.29, 1.82) is 0 Å². The number of halogens is 3. The summed E-state index contributed by atoms with van der Waals surface area (Å²) in [7, 11) is 1.30. The van der Waals surface area contributed by atoms with Gasteiger partial charge in [0.2, 0.25) is 5.91 Å². The number of primary amides is 1. The second-order valence-corrected chi connectivity index (χ2v) is 3.89. The first kappa shape index (κ1) is 15.2. The highest BCUT2D eigenvalue weighted by atomic mass is 19.4. The molecule has 7 heteroatoms. The Hall–Kier alpha value is -0.820. The lowest BCUT2D eigenvalue weighted by molar-refractivity contribution is -0.141. The molecule has 1 amide bonds. The van der Waals surface area contributed by atoms with Crippen molar-refractivity contribution >= 4 is 5.91 Å². The van der Waals surface area contributed by atoms with Gasteiger partial charge < -0.3 is 10.5 Å². The molecular formula is C9H17F3N2O2. The number of hydrogen-bond donors (Lipinski definition) is 2. The van der Waals surface area contributed by atoms with E-state index >= 15 is 0 Å². The van der Waals surface area contributed by atoms with Crippen LogP contribution in [0, 0.1) is 5.92 Å². The number of hydrogen-bond acceptors (Lipinski definition) is 3. The zero-order valence-corrected chi connectivity index (χ0v) is 9.52. The Morgan fingerprint density at radius 3 is 2.19 bits per heavy atom. The molecule has 0 aromatic rings. The van der Waals surface area contributed by atoms with Crippen LogP contribution in [0.25, 0.3) is 0 Å². The highest BCUT2D eigenvalue weighted by molar-refractivity contribution is 5.85. The third-order valence-corrected chi connectivity index (χ3v) is 2.40. The van der Waals surface area contributed by atoms with E-state index in [1.807, 2.05) is 0 Å². The van der Waals surface area contributed by atoms with E-state index in [1.165, 1.54) is 7.11 Å². The van der Waals surface area contributed by atoms with Crippen LogP contribution in [0.15, 0.2) is 0 Å². The first-order chi connectivity index (χ1) is 7.15. The van der Waals surface area contributed by atoms with Crippen LogP contribution in [0.3, 0.4) is 0 Å². The van der Waals surface area contributed by atoms with Crippen molar-refractivity contribution < 1.29 is 22.7 Å². The lowest BCUT2D eigenvalue weighted by Crippen LogP contribution is -2.63. The van der Waals surface area contributed by atoms with Crippen molar-refractivity contribution in [2.45, 2.75) is 25.6 Å². The number of carbonyl (C=O) groups is 1. The summed E-state index contributed by atoms with van der Waals surface area (Å²) >= 11 is 0. The van der Waals surface area contributed by atoms with Gasteiger partial charge in [-0.3, -0.25) is 10.1 Å². The van der Waals surface area contributed by atoms with Crippen molar-refractivity contribution in [3.8, 4) is 0 Å². The summed E-state index contributed by atoms with van der Waals surface area (Å²) in [6.07, 6.45) is -4.40. The zero-order valence-electron chi connectivity index (χ0n) is 9.52. The Morgan fingerprint density at radius 1 is 1.44 bits per heavy atom. The first-order valence-corrected chi connectivity index (χ1v) is 4.76. The molecule has 0 saturated carbocycles. The van der Waals surface area contributed by atoms with Gasteiger partial charge in [0.1, 0.15) is 5.54 Å².